The molecule has 1 N–H and O–H groups in total. The quantitative estimate of drug-likeness (QED) is 0.883. The third kappa shape index (κ3) is 3.98. The van der Waals surface area contributed by atoms with Crippen LogP contribution in [-0.4, -0.2) is 43.6 Å². The highest BCUT2D eigenvalue weighted by Gasteiger charge is 2.27. The molecule has 0 radical (unpaired) electrons. The van der Waals surface area contributed by atoms with E-state index in [1.807, 2.05) is 23.1 Å². The standard InChI is InChI=1S/C16H23BrN2O2/c1-3-10-19(13-6-8-18-9-7-13)16(20)14-5-4-12(17)11-15(14)21-2/h4-5,11,13,18H,3,6-10H2,1-2H3. The van der Waals surface area contributed by atoms with E-state index in [0.29, 0.717) is 17.4 Å². The van der Waals surface area contributed by atoms with Crippen LogP contribution in [0.25, 0.3) is 0 Å². The fourth-order valence-corrected chi connectivity index (χ4v) is 3.15. The van der Waals surface area contributed by atoms with Gasteiger partial charge in [-0.2, -0.15) is 0 Å². The van der Waals surface area contributed by atoms with Crippen molar-refractivity contribution in [3.8, 4) is 5.75 Å². The molecule has 4 nitrogen and oxygen atoms in total. The number of hydrogen-bond acceptors (Lipinski definition) is 3. The summed E-state index contributed by atoms with van der Waals surface area (Å²) in [5, 5.41) is 3.35. The van der Waals surface area contributed by atoms with Gasteiger partial charge in [-0.15, -0.1) is 0 Å². The monoisotopic (exact) mass is 354 g/mol. The zero-order valence-electron chi connectivity index (χ0n) is 12.7. The first-order chi connectivity index (χ1) is 10.2. The Kier molecular flexibility index (Phi) is 6.06. The minimum absolute atomic E-state index is 0.0769. The largest absolute Gasteiger partial charge is 0.496 e. The van der Waals surface area contributed by atoms with E-state index in [2.05, 4.69) is 28.2 Å². The molecule has 1 aliphatic rings. The van der Waals surface area contributed by atoms with Crippen LogP contribution in [0.5, 0.6) is 5.75 Å². The Bertz CT molecular complexity index is 487. The van der Waals surface area contributed by atoms with Gasteiger partial charge in [0, 0.05) is 17.1 Å². The minimum atomic E-state index is 0.0769. The molecule has 5 heteroatoms. The Balaban J connectivity index is 2.25. The number of methoxy groups -OCH3 is 1. The van der Waals surface area contributed by atoms with Crippen molar-refractivity contribution in [2.45, 2.75) is 32.2 Å². The Morgan fingerprint density at radius 1 is 1.43 bits per heavy atom. The molecule has 0 aromatic heterocycles. The molecule has 1 amide bonds. The van der Waals surface area contributed by atoms with E-state index in [9.17, 15) is 4.79 Å². The molecular formula is C16H23BrN2O2. The molecule has 1 saturated heterocycles. The van der Waals surface area contributed by atoms with E-state index in [-0.39, 0.29) is 5.91 Å². The summed E-state index contributed by atoms with van der Waals surface area (Å²) in [6.45, 7) is 4.87. The number of rotatable bonds is 5. The molecule has 0 atom stereocenters. The SMILES string of the molecule is CCCN(C(=O)c1ccc(Br)cc1OC)C1CCNCC1. The number of halogens is 1. The van der Waals surface area contributed by atoms with E-state index in [4.69, 9.17) is 4.74 Å². The van der Waals surface area contributed by atoms with Crippen LogP contribution in [-0.2, 0) is 0 Å². The molecule has 1 fully saturated rings. The molecule has 1 heterocycles. The Morgan fingerprint density at radius 3 is 2.76 bits per heavy atom. The number of benzene rings is 1. The summed E-state index contributed by atoms with van der Waals surface area (Å²) in [4.78, 5) is 15.0. The fraction of sp³-hybridized carbons (Fsp3) is 0.562. The Morgan fingerprint density at radius 2 is 2.14 bits per heavy atom. The van der Waals surface area contributed by atoms with E-state index < -0.39 is 0 Å². The average Bonchev–Trinajstić information content (AvgIpc) is 2.52. The maximum absolute atomic E-state index is 12.9. The normalized spacial score (nSPS) is 15.8. The number of carbonyl (C=O) groups excluding carboxylic acids is 1. The van der Waals surface area contributed by atoms with Crippen LogP contribution in [0.1, 0.15) is 36.5 Å². The topological polar surface area (TPSA) is 41.6 Å². The van der Waals surface area contributed by atoms with Crippen molar-refractivity contribution in [1.29, 1.82) is 0 Å². The third-order valence-corrected chi connectivity index (χ3v) is 4.36. The van der Waals surface area contributed by atoms with Gasteiger partial charge in [0.2, 0.25) is 0 Å². The highest BCUT2D eigenvalue weighted by molar-refractivity contribution is 9.10. The Hall–Kier alpha value is -1.07. The number of nitrogens with zero attached hydrogens (tertiary/aromatic N) is 1. The van der Waals surface area contributed by atoms with Gasteiger partial charge in [-0.3, -0.25) is 4.79 Å². The molecule has 0 bridgehead atoms. The second-order valence-electron chi connectivity index (χ2n) is 5.32. The van der Waals surface area contributed by atoms with Crippen molar-refractivity contribution >= 4 is 21.8 Å². The number of hydrogen-bond donors (Lipinski definition) is 1. The van der Waals surface area contributed by atoms with Crippen molar-refractivity contribution < 1.29 is 9.53 Å². The molecule has 0 aliphatic carbocycles. The molecule has 0 unspecified atom stereocenters. The summed E-state index contributed by atoms with van der Waals surface area (Å²) in [6.07, 6.45) is 3.00. The third-order valence-electron chi connectivity index (χ3n) is 3.87. The molecule has 1 aliphatic heterocycles. The average molecular weight is 355 g/mol. The zero-order valence-corrected chi connectivity index (χ0v) is 14.3. The molecule has 1 aromatic rings. The highest BCUT2D eigenvalue weighted by Crippen LogP contribution is 2.26. The summed E-state index contributed by atoms with van der Waals surface area (Å²) in [7, 11) is 1.60. The minimum Gasteiger partial charge on any atom is -0.496 e. The second-order valence-corrected chi connectivity index (χ2v) is 6.24. The van der Waals surface area contributed by atoms with Gasteiger partial charge in [0.05, 0.1) is 12.7 Å². The molecule has 2 rings (SSSR count). The molecule has 21 heavy (non-hydrogen) atoms. The lowest BCUT2D eigenvalue weighted by Crippen LogP contribution is -2.46. The molecule has 116 valence electrons. The number of nitrogens with one attached hydrogen (secondary N) is 1. The number of ether oxygens (including phenoxy) is 1. The summed E-state index contributed by atoms with van der Waals surface area (Å²) in [5.74, 6) is 0.706. The van der Waals surface area contributed by atoms with Crippen molar-refractivity contribution in [2.24, 2.45) is 0 Å². The first-order valence-corrected chi connectivity index (χ1v) is 8.32. The van der Waals surface area contributed by atoms with E-state index in [1.54, 1.807) is 7.11 Å². The lowest BCUT2D eigenvalue weighted by molar-refractivity contribution is 0.0639. The van der Waals surface area contributed by atoms with Gasteiger partial charge in [-0.1, -0.05) is 22.9 Å². The van der Waals surface area contributed by atoms with Gasteiger partial charge in [-0.25, -0.2) is 0 Å². The second kappa shape index (κ2) is 7.80. The van der Waals surface area contributed by atoms with Gasteiger partial charge in [0.25, 0.3) is 5.91 Å². The van der Waals surface area contributed by atoms with E-state index in [1.165, 1.54) is 0 Å². The lowest BCUT2D eigenvalue weighted by Gasteiger charge is -2.35. The summed E-state index contributed by atoms with van der Waals surface area (Å²) >= 11 is 3.42. The van der Waals surface area contributed by atoms with Gasteiger partial charge < -0.3 is 15.0 Å². The maximum atomic E-state index is 12.9. The van der Waals surface area contributed by atoms with Crippen molar-refractivity contribution in [1.82, 2.24) is 10.2 Å². The summed E-state index contributed by atoms with van der Waals surface area (Å²) in [6, 6.07) is 5.91. The Labute approximate surface area is 135 Å². The van der Waals surface area contributed by atoms with Crippen LogP contribution in [0.2, 0.25) is 0 Å². The van der Waals surface area contributed by atoms with Crippen LogP contribution < -0.4 is 10.1 Å². The van der Waals surface area contributed by atoms with Crippen molar-refractivity contribution in [2.75, 3.05) is 26.7 Å². The van der Waals surface area contributed by atoms with Crippen molar-refractivity contribution in [3.05, 3.63) is 28.2 Å². The van der Waals surface area contributed by atoms with Gasteiger partial charge in [-0.05, 0) is 50.6 Å². The number of carbonyl (C=O) groups is 1. The van der Waals surface area contributed by atoms with Crippen molar-refractivity contribution in [3.63, 3.8) is 0 Å². The lowest BCUT2D eigenvalue weighted by atomic mass is 10.0. The molecule has 0 spiro atoms. The van der Waals surface area contributed by atoms with E-state index >= 15 is 0 Å². The smallest absolute Gasteiger partial charge is 0.257 e. The molecular weight excluding hydrogens is 332 g/mol. The van der Waals surface area contributed by atoms with Crippen LogP contribution in [0.15, 0.2) is 22.7 Å². The predicted octanol–water partition coefficient (Wildman–Crippen LogP) is 3.06. The predicted molar refractivity (Wildman–Crippen MR) is 87.9 cm³/mol. The van der Waals surface area contributed by atoms with Gasteiger partial charge in [0.1, 0.15) is 5.75 Å². The summed E-state index contributed by atoms with van der Waals surface area (Å²) in [5.41, 5.74) is 0.646. The molecule has 1 aromatic carbocycles. The number of amides is 1. The van der Waals surface area contributed by atoms with Crippen LogP contribution >= 0.6 is 15.9 Å². The van der Waals surface area contributed by atoms with Crippen LogP contribution in [0.3, 0.4) is 0 Å². The molecule has 0 saturated carbocycles. The van der Waals surface area contributed by atoms with Crippen LogP contribution in [0.4, 0.5) is 0 Å². The van der Waals surface area contributed by atoms with E-state index in [0.717, 1.165) is 43.4 Å². The first-order valence-electron chi connectivity index (χ1n) is 7.52. The fourth-order valence-electron chi connectivity index (χ4n) is 2.81. The first kappa shape index (κ1) is 16.3. The van der Waals surface area contributed by atoms with Crippen LogP contribution in [0, 0.1) is 0 Å². The van der Waals surface area contributed by atoms with Gasteiger partial charge in [0.15, 0.2) is 0 Å². The van der Waals surface area contributed by atoms with Gasteiger partial charge >= 0.3 is 0 Å². The summed E-state index contributed by atoms with van der Waals surface area (Å²) < 4.78 is 6.29. The highest BCUT2D eigenvalue weighted by atomic mass is 79.9. The zero-order chi connectivity index (χ0) is 15.2. The maximum Gasteiger partial charge on any atom is 0.257 e. The number of piperidine rings is 1.